The molecule has 0 aliphatic heterocycles. The van der Waals surface area contributed by atoms with Crippen molar-refractivity contribution >= 4 is 15.9 Å². The number of aliphatic hydroxyl groups is 1. The zero-order valence-corrected chi connectivity index (χ0v) is 12.8. The Bertz CT molecular complexity index is 740. The monoisotopic (exact) mass is 345 g/mol. The molecule has 2 unspecified atom stereocenters. The fourth-order valence-corrected chi connectivity index (χ4v) is 3.47. The van der Waals surface area contributed by atoms with E-state index in [0.717, 1.165) is 17.5 Å². The van der Waals surface area contributed by atoms with Crippen molar-refractivity contribution in [2.45, 2.75) is 24.4 Å². The molecule has 0 heterocycles. The van der Waals surface area contributed by atoms with E-state index in [1.807, 2.05) is 24.3 Å². The van der Waals surface area contributed by atoms with Crippen LogP contribution < -0.4 is 0 Å². The number of fused-ring (bicyclic) bond motifs is 1. The number of nitriles is 1. The Balaban J connectivity index is 2.14. The lowest BCUT2D eigenvalue weighted by atomic mass is 9.75. The number of hydrogen-bond donors (Lipinski definition) is 1. The summed E-state index contributed by atoms with van der Waals surface area (Å²) in [5, 5.41) is 20.5. The molecule has 0 fully saturated rings. The zero-order chi connectivity index (χ0) is 15.0. The van der Waals surface area contributed by atoms with E-state index in [2.05, 4.69) is 22.0 Å². The molecule has 0 radical (unpaired) electrons. The molecular formula is C17H13BrFNO. The Labute approximate surface area is 131 Å². The van der Waals surface area contributed by atoms with Crippen LogP contribution in [0.3, 0.4) is 0 Å². The number of hydrogen-bond acceptors (Lipinski definition) is 2. The van der Waals surface area contributed by atoms with Gasteiger partial charge in [0.15, 0.2) is 0 Å². The highest BCUT2D eigenvalue weighted by atomic mass is 79.9. The molecule has 2 aromatic rings. The normalized spacial score (nSPS) is 21.6. The molecule has 106 valence electrons. The summed E-state index contributed by atoms with van der Waals surface area (Å²) >= 11 is 3.28. The molecule has 1 aliphatic rings. The lowest BCUT2D eigenvalue weighted by Gasteiger charge is -2.29. The maximum Gasteiger partial charge on any atom is 0.129 e. The van der Waals surface area contributed by atoms with Crippen LogP contribution in [0.25, 0.3) is 0 Å². The molecule has 0 saturated carbocycles. The summed E-state index contributed by atoms with van der Waals surface area (Å²) in [6, 6.07) is 14.2. The topological polar surface area (TPSA) is 44.0 Å². The molecule has 2 nitrogen and oxygen atoms in total. The second-order valence-corrected chi connectivity index (χ2v) is 6.22. The zero-order valence-electron chi connectivity index (χ0n) is 11.2. The van der Waals surface area contributed by atoms with Gasteiger partial charge in [0.2, 0.25) is 0 Å². The van der Waals surface area contributed by atoms with Gasteiger partial charge in [-0.3, -0.25) is 0 Å². The van der Waals surface area contributed by atoms with Crippen LogP contribution in [0.2, 0.25) is 0 Å². The van der Waals surface area contributed by atoms with Gasteiger partial charge in [-0.1, -0.05) is 40.2 Å². The third kappa shape index (κ3) is 2.17. The van der Waals surface area contributed by atoms with E-state index in [-0.39, 0.29) is 5.56 Å². The Kier molecular flexibility index (Phi) is 3.56. The minimum absolute atomic E-state index is 0.155. The number of rotatable bonds is 2. The van der Waals surface area contributed by atoms with E-state index in [1.165, 1.54) is 6.07 Å². The first kappa shape index (κ1) is 14.2. The predicted molar refractivity (Wildman–Crippen MR) is 81.1 cm³/mol. The molecule has 2 aromatic carbocycles. The molecule has 0 bridgehead atoms. The van der Waals surface area contributed by atoms with Gasteiger partial charge < -0.3 is 5.11 Å². The van der Waals surface area contributed by atoms with Gasteiger partial charge in [-0.2, -0.15) is 5.26 Å². The van der Waals surface area contributed by atoms with Gasteiger partial charge in [-0.05, 0) is 42.2 Å². The number of halogens is 2. The summed E-state index contributed by atoms with van der Waals surface area (Å²) in [7, 11) is 0. The van der Waals surface area contributed by atoms with E-state index < -0.39 is 17.3 Å². The van der Waals surface area contributed by atoms with Crippen LogP contribution in [0.15, 0.2) is 46.9 Å². The average molecular weight is 346 g/mol. The molecule has 1 N–H and O–H groups in total. The van der Waals surface area contributed by atoms with Crippen molar-refractivity contribution in [2.24, 2.45) is 0 Å². The number of nitrogens with zero attached hydrogens (tertiary/aromatic N) is 1. The van der Waals surface area contributed by atoms with Crippen LogP contribution >= 0.6 is 15.9 Å². The van der Waals surface area contributed by atoms with Gasteiger partial charge in [0.25, 0.3) is 0 Å². The van der Waals surface area contributed by atoms with Crippen molar-refractivity contribution in [1.29, 1.82) is 5.26 Å². The van der Waals surface area contributed by atoms with Crippen molar-refractivity contribution in [3.63, 3.8) is 0 Å². The van der Waals surface area contributed by atoms with E-state index in [4.69, 9.17) is 0 Å². The van der Waals surface area contributed by atoms with Crippen LogP contribution in [0.1, 0.15) is 29.2 Å². The molecule has 1 aliphatic carbocycles. The highest BCUT2D eigenvalue weighted by Gasteiger charge is 2.46. The minimum Gasteiger partial charge on any atom is -0.386 e. The van der Waals surface area contributed by atoms with Crippen LogP contribution in [0, 0.1) is 17.1 Å². The molecule has 0 aromatic heterocycles. The van der Waals surface area contributed by atoms with E-state index in [9.17, 15) is 14.8 Å². The fourth-order valence-electron chi connectivity index (χ4n) is 3.09. The summed E-state index contributed by atoms with van der Waals surface area (Å²) in [4.78, 5) is 0. The minimum atomic E-state index is -1.19. The second-order valence-electron chi connectivity index (χ2n) is 5.31. The first-order valence-electron chi connectivity index (χ1n) is 6.71. The highest BCUT2D eigenvalue weighted by molar-refractivity contribution is 9.10. The van der Waals surface area contributed by atoms with Crippen molar-refractivity contribution in [1.82, 2.24) is 0 Å². The standard InChI is InChI=1S/C17H13BrFNO/c18-12-5-6-15(19)13(9-12)16(21)17(10-20)8-7-11-3-1-2-4-14(11)17/h1-6,9,16,21H,7-8H2. The second kappa shape index (κ2) is 5.25. The van der Waals surface area contributed by atoms with Gasteiger partial charge in [0, 0.05) is 10.0 Å². The summed E-state index contributed by atoms with van der Waals surface area (Å²) in [5.74, 6) is -0.496. The third-order valence-corrected chi connectivity index (χ3v) is 4.70. The molecule has 0 amide bonds. The lowest BCUT2D eigenvalue weighted by Crippen LogP contribution is -2.30. The van der Waals surface area contributed by atoms with E-state index in [1.54, 1.807) is 12.1 Å². The summed E-state index contributed by atoms with van der Waals surface area (Å²) < 4.78 is 14.7. The smallest absolute Gasteiger partial charge is 0.129 e. The number of benzene rings is 2. The predicted octanol–water partition coefficient (Wildman–Crippen LogP) is 4.03. The summed E-state index contributed by atoms with van der Waals surface area (Å²) in [5.41, 5.74) is 0.925. The summed E-state index contributed by atoms with van der Waals surface area (Å²) in [6.45, 7) is 0. The Hall–Kier alpha value is -1.70. The quantitative estimate of drug-likeness (QED) is 0.892. The summed E-state index contributed by atoms with van der Waals surface area (Å²) in [6.07, 6.45) is 0.0236. The van der Waals surface area contributed by atoms with Crippen molar-refractivity contribution in [3.05, 3.63) is 69.4 Å². The maximum absolute atomic E-state index is 14.1. The Morgan fingerprint density at radius 2 is 2.05 bits per heavy atom. The van der Waals surface area contributed by atoms with E-state index in [0.29, 0.717) is 10.9 Å². The number of aliphatic hydroxyl groups excluding tert-OH is 1. The van der Waals surface area contributed by atoms with Gasteiger partial charge in [-0.25, -0.2) is 4.39 Å². The van der Waals surface area contributed by atoms with Crippen LogP contribution in [-0.2, 0) is 11.8 Å². The maximum atomic E-state index is 14.1. The fraction of sp³-hybridized carbons (Fsp3) is 0.235. The largest absolute Gasteiger partial charge is 0.386 e. The first-order valence-corrected chi connectivity index (χ1v) is 7.50. The molecule has 0 spiro atoms. The van der Waals surface area contributed by atoms with Crippen LogP contribution in [0.5, 0.6) is 0 Å². The highest BCUT2D eigenvalue weighted by Crippen LogP contribution is 2.47. The van der Waals surface area contributed by atoms with Gasteiger partial charge in [0.1, 0.15) is 17.3 Å². The molecule has 4 heteroatoms. The molecular weight excluding hydrogens is 333 g/mol. The molecule has 3 rings (SSSR count). The Morgan fingerprint density at radius 3 is 2.81 bits per heavy atom. The SMILES string of the molecule is N#CC1(C(O)c2cc(Br)ccc2F)CCc2ccccc21. The van der Waals surface area contributed by atoms with Crippen molar-refractivity contribution in [3.8, 4) is 6.07 Å². The van der Waals surface area contributed by atoms with Crippen LogP contribution in [0.4, 0.5) is 4.39 Å². The van der Waals surface area contributed by atoms with Gasteiger partial charge in [-0.15, -0.1) is 0 Å². The van der Waals surface area contributed by atoms with Crippen molar-refractivity contribution < 1.29 is 9.50 Å². The number of aryl methyl sites for hydroxylation is 1. The van der Waals surface area contributed by atoms with E-state index >= 15 is 0 Å². The molecule has 0 saturated heterocycles. The molecule has 21 heavy (non-hydrogen) atoms. The Morgan fingerprint density at radius 1 is 1.29 bits per heavy atom. The third-order valence-electron chi connectivity index (χ3n) is 4.21. The van der Waals surface area contributed by atoms with Crippen LogP contribution in [-0.4, -0.2) is 5.11 Å². The lowest BCUT2D eigenvalue weighted by molar-refractivity contribution is 0.107. The average Bonchev–Trinajstić information content (AvgIpc) is 2.89. The van der Waals surface area contributed by atoms with Gasteiger partial charge >= 0.3 is 0 Å². The van der Waals surface area contributed by atoms with Gasteiger partial charge in [0.05, 0.1) is 6.07 Å². The first-order chi connectivity index (χ1) is 10.1. The van der Waals surface area contributed by atoms with Crippen molar-refractivity contribution in [2.75, 3.05) is 0 Å². The molecule has 2 atom stereocenters.